The molecule has 0 radical (unpaired) electrons. The third-order valence-corrected chi connectivity index (χ3v) is 6.67. The summed E-state index contributed by atoms with van der Waals surface area (Å²) in [6.07, 6.45) is 11.9. The minimum atomic E-state index is 0.221. The van der Waals surface area contributed by atoms with Gasteiger partial charge in [-0.15, -0.1) is 0 Å². The molecule has 5 nitrogen and oxygen atoms in total. The first-order valence-electron chi connectivity index (χ1n) is 12.0. The predicted octanol–water partition coefficient (Wildman–Crippen LogP) is 4.64. The molecule has 3 aliphatic rings. The Labute approximate surface area is 181 Å². The van der Waals surface area contributed by atoms with E-state index in [9.17, 15) is 4.79 Å². The topological polar surface area (TPSA) is 36.0 Å². The van der Waals surface area contributed by atoms with Gasteiger partial charge in [0, 0.05) is 32.7 Å². The van der Waals surface area contributed by atoms with Crippen LogP contribution in [0.15, 0.2) is 30.3 Å². The molecular weight excluding hydrogens is 374 g/mol. The van der Waals surface area contributed by atoms with Crippen molar-refractivity contribution in [3.63, 3.8) is 0 Å². The highest BCUT2D eigenvalue weighted by Gasteiger charge is 2.24. The number of amides is 2. The summed E-state index contributed by atoms with van der Waals surface area (Å²) in [6.45, 7) is 7.82. The van der Waals surface area contributed by atoms with Crippen molar-refractivity contribution in [1.82, 2.24) is 14.7 Å². The number of urea groups is 1. The van der Waals surface area contributed by atoms with E-state index in [1.807, 2.05) is 9.80 Å². The SMILES string of the molecule is O=C(N1CC=C(c2ccc(OCCCN3CCCCC3)cc2)CC1)N1CCCCC1. The first-order valence-corrected chi connectivity index (χ1v) is 12.0. The van der Waals surface area contributed by atoms with E-state index >= 15 is 0 Å². The van der Waals surface area contributed by atoms with Gasteiger partial charge in [-0.3, -0.25) is 0 Å². The van der Waals surface area contributed by atoms with E-state index in [1.54, 1.807) is 0 Å². The first kappa shape index (κ1) is 21.2. The van der Waals surface area contributed by atoms with E-state index in [0.717, 1.165) is 70.8 Å². The molecule has 1 aromatic rings. The molecule has 0 saturated carbocycles. The predicted molar refractivity (Wildman–Crippen MR) is 122 cm³/mol. The first-order chi connectivity index (χ1) is 14.8. The molecule has 0 bridgehead atoms. The van der Waals surface area contributed by atoms with Crippen LogP contribution in [0.2, 0.25) is 0 Å². The second-order valence-electron chi connectivity index (χ2n) is 8.88. The summed E-state index contributed by atoms with van der Waals surface area (Å²) in [4.78, 5) is 19.3. The Morgan fingerprint density at radius 2 is 1.53 bits per heavy atom. The second-order valence-corrected chi connectivity index (χ2v) is 8.88. The van der Waals surface area contributed by atoms with E-state index < -0.39 is 0 Å². The molecule has 3 heterocycles. The maximum Gasteiger partial charge on any atom is 0.320 e. The molecule has 5 heteroatoms. The standard InChI is InChI=1S/C25H37N3O2/c29-25(27-17-5-2-6-18-27)28-19-12-23(13-20-28)22-8-10-24(11-9-22)30-21-7-16-26-14-3-1-4-15-26/h8-12H,1-7,13-21H2. The Morgan fingerprint density at radius 1 is 0.833 bits per heavy atom. The molecule has 0 atom stereocenters. The number of hydrogen-bond acceptors (Lipinski definition) is 3. The van der Waals surface area contributed by atoms with Gasteiger partial charge < -0.3 is 19.4 Å². The number of carbonyl (C=O) groups is 1. The molecule has 0 unspecified atom stereocenters. The van der Waals surface area contributed by atoms with E-state index in [-0.39, 0.29) is 6.03 Å². The van der Waals surface area contributed by atoms with Crippen molar-refractivity contribution in [2.75, 3.05) is 52.4 Å². The van der Waals surface area contributed by atoms with Crippen molar-refractivity contribution in [3.05, 3.63) is 35.9 Å². The van der Waals surface area contributed by atoms with Crippen molar-refractivity contribution in [2.24, 2.45) is 0 Å². The molecular formula is C25H37N3O2. The zero-order chi connectivity index (χ0) is 20.6. The summed E-state index contributed by atoms with van der Waals surface area (Å²) >= 11 is 0. The van der Waals surface area contributed by atoms with E-state index in [0.29, 0.717) is 0 Å². The Kier molecular flexibility index (Phi) is 7.68. The van der Waals surface area contributed by atoms with Gasteiger partial charge in [0.2, 0.25) is 0 Å². The molecule has 0 N–H and O–H groups in total. The Balaban J connectivity index is 1.21. The van der Waals surface area contributed by atoms with Crippen LogP contribution in [0.25, 0.3) is 5.57 Å². The highest BCUT2D eigenvalue weighted by molar-refractivity contribution is 5.77. The average molecular weight is 412 g/mol. The third-order valence-electron chi connectivity index (χ3n) is 6.67. The summed E-state index contributed by atoms with van der Waals surface area (Å²) in [5.41, 5.74) is 2.59. The van der Waals surface area contributed by atoms with Crippen LogP contribution >= 0.6 is 0 Å². The number of benzene rings is 1. The van der Waals surface area contributed by atoms with Crippen LogP contribution < -0.4 is 4.74 Å². The monoisotopic (exact) mass is 411 g/mol. The lowest BCUT2D eigenvalue weighted by Crippen LogP contribution is -2.46. The lowest BCUT2D eigenvalue weighted by atomic mass is 9.99. The molecule has 1 aromatic carbocycles. The van der Waals surface area contributed by atoms with Crippen LogP contribution in [0.4, 0.5) is 4.79 Å². The minimum absolute atomic E-state index is 0.221. The van der Waals surface area contributed by atoms with Crippen LogP contribution in [-0.2, 0) is 0 Å². The number of likely N-dealkylation sites (tertiary alicyclic amines) is 2. The molecule has 2 saturated heterocycles. The zero-order valence-electron chi connectivity index (χ0n) is 18.4. The van der Waals surface area contributed by atoms with Gasteiger partial charge in [0.15, 0.2) is 0 Å². The molecule has 0 aromatic heterocycles. The number of carbonyl (C=O) groups excluding carboxylic acids is 1. The Morgan fingerprint density at radius 3 is 2.20 bits per heavy atom. The largest absolute Gasteiger partial charge is 0.494 e. The van der Waals surface area contributed by atoms with Gasteiger partial charge in [-0.2, -0.15) is 0 Å². The quantitative estimate of drug-likeness (QED) is 0.640. The minimum Gasteiger partial charge on any atom is -0.494 e. The molecule has 3 aliphatic heterocycles. The van der Waals surface area contributed by atoms with Crippen molar-refractivity contribution in [1.29, 1.82) is 0 Å². The van der Waals surface area contributed by atoms with Crippen LogP contribution in [-0.4, -0.2) is 73.2 Å². The molecule has 2 fully saturated rings. The highest BCUT2D eigenvalue weighted by Crippen LogP contribution is 2.25. The van der Waals surface area contributed by atoms with Crippen LogP contribution in [0.1, 0.15) is 56.9 Å². The summed E-state index contributed by atoms with van der Waals surface area (Å²) in [6, 6.07) is 8.71. The number of nitrogens with zero attached hydrogens (tertiary/aromatic N) is 3. The van der Waals surface area contributed by atoms with Crippen LogP contribution in [0, 0.1) is 0 Å². The average Bonchev–Trinajstić information content (AvgIpc) is 2.83. The fourth-order valence-corrected chi connectivity index (χ4v) is 4.82. The number of hydrogen-bond donors (Lipinski definition) is 0. The van der Waals surface area contributed by atoms with Gasteiger partial charge in [0.25, 0.3) is 0 Å². The van der Waals surface area contributed by atoms with Crippen LogP contribution in [0.3, 0.4) is 0 Å². The van der Waals surface area contributed by atoms with Crippen LogP contribution in [0.5, 0.6) is 5.75 Å². The zero-order valence-corrected chi connectivity index (χ0v) is 18.4. The van der Waals surface area contributed by atoms with Gasteiger partial charge >= 0.3 is 6.03 Å². The maximum absolute atomic E-state index is 12.7. The molecule has 4 rings (SSSR count). The number of piperidine rings is 2. The highest BCUT2D eigenvalue weighted by atomic mass is 16.5. The Bertz CT molecular complexity index is 704. The summed E-state index contributed by atoms with van der Waals surface area (Å²) < 4.78 is 5.95. The third kappa shape index (κ3) is 5.78. The van der Waals surface area contributed by atoms with Gasteiger partial charge in [-0.05, 0) is 81.3 Å². The smallest absolute Gasteiger partial charge is 0.320 e. The lowest BCUT2D eigenvalue weighted by molar-refractivity contribution is 0.147. The summed E-state index contributed by atoms with van der Waals surface area (Å²) in [7, 11) is 0. The molecule has 164 valence electrons. The molecule has 0 spiro atoms. The fourth-order valence-electron chi connectivity index (χ4n) is 4.82. The van der Waals surface area contributed by atoms with E-state index in [1.165, 1.54) is 49.9 Å². The van der Waals surface area contributed by atoms with Crippen molar-refractivity contribution < 1.29 is 9.53 Å². The summed E-state index contributed by atoms with van der Waals surface area (Å²) in [5, 5.41) is 0. The van der Waals surface area contributed by atoms with Crippen molar-refractivity contribution in [2.45, 2.75) is 51.4 Å². The lowest BCUT2D eigenvalue weighted by Gasteiger charge is -2.34. The van der Waals surface area contributed by atoms with Crippen molar-refractivity contribution in [3.8, 4) is 5.75 Å². The van der Waals surface area contributed by atoms with Gasteiger partial charge in [-0.1, -0.05) is 24.6 Å². The Hall–Kier alpha value is -2.01. The number of ether oxygens (including phenoxy) is 1. The van der Waals surface area contributed by atoms with E-state index in [4.69, 9.17) is 4.74 Å². The normalized spacial score (nSPS) is 20.7. The molecule has 30 heavy (non-hydrogen) atoms. The maximum atomic E-state index is 12.7. The summed E-state index contributed by atoms with van der Waals surface area (Å²) in [5.74, 6) is 0.954. The van der Waals surface area contributed by atoms with Crippen molar-refractivity contribution >= 4 is 11.6 Å². The molecule has 0 aliphatic carbocycles. The second kappa shape index (κ2) is 10.9. The van der Waals surface area contributed by atoms with E-state index in [2.05, 4.69) is 35.2 Å². The fraction of sp³-hybridized carbons (Fsp3) is 0.640. The van der Waals surface area contributed by atoms with Gasteiger partial charge in [0.1, 0.15) is 5.75 Å². The van der Waals surface area contributed by atoms with Gasteiger partial charge in [-0.25, -0.2) is 4.79 Å². The number of rotatable bonds is 6. The molecule has 2 amide bonds. The van der Waals surface area contributed by atoms with Gasteiger partial charge in [0.05, 0.1) is 6.61 Å².